The standard InChI is InChI=1S/C24H22N4O2S2/c1-15(2)26-22(29)14-31-19-9-5-3-7-17(19)23(30)28-21-12-11-16(13-25-21)24-27-18-8-4-6-10-20(18)32-24/h3-13,15H,14H2,1-2H3,(H,26,29)(H,25,28,30). The van der Waals surface area contributed by atoms with E-state index in [0.717, 1.165) is 25.7 Å². The van der Waals surface area contributed by atoms with E-state index in [1.54, 1.807) is 35.7 Å². The quantitative estimate of drug-likeness (QED) is 0.368. The van der Waals surface area contributed by atoms with Gasteiger partial charge in [-0.25, -0.2) is 9.97 Å². The molecular weight excluding hydrogens is 440 g/mol. The smallest absolute Gasteiger partial charge is 0.257 e. The summed E-state index contributed by atoms with van der Waals surface area (Å²) in [5, 5.41) is 6.58. The van der Waals surface area contributed by atoms with Crippen molar-refractivity contribution in [2.24, 2.45) is 0 Å². The number of amides is 2. The summed E-state index contributed by atoms with van der Waals surface area (Å²) in [6.45, 7) is 3.83. The molecule has 0 saturated heterocycles. The molecule has 0 fully saturated rings. The van der Waals surface area contributed by atoms with Gasteiger partial charge in [0, 0.05) is 22.7 Å². The minimum absolute atomic E-state index is 0.0627. The van der Waals surface area contributed by atoms with Gasteiger partial charge in [0.1, 0.15) is 10.8 Å². The Morgan fingerprint density at radius 1 is 1.03 bits per heavy atom. The van der Waals surface area contributed by atoms with E-state index in [9.17, 15) is 9.59 Å². The molecule has 6 nitrogen and oxygen atoms in total. The number of pyridine rings is 1. The van der Waals surface area contributed by atoms with Crippen LogP contribution in [0.5, 0.6) is 0 Å². The largest absolute Gasteiger partial charge is 0.353 e. The first kappa shape index (κ1) is 22.0. The summed E-state index contributed by atoms with van der Waals surface area (Å²) in [6.07, 6.45) is 1.71. The Bertz CT molecular complexity index is 1220. The van der Waals surface area contributed by atoms with Gasteiger partial charge in [-0.3, -0.25) is 9.59 Å². The van der Waals surface area contributed by atoms with Gasteiger partial charge in [-0.15, -0.1) is 23.1 Å². The molecule has 0 saturated carbocycles. The number of carbonyl (C=O) groups excluding carboxylic acids is 2. The number of aromatic nitrogens is 2. The molecule has 2 N–H and O–H groups in total. The number of benzene rings is 2. The Morgan fingerprint density at radius 3 is 2.56 bits per heavy atom. The highest BCUT2D eigenvalue weighted by Crippen LogP contribution is 2.30. The molecule has 0 aliphatic rings. The zero-order valence-electron chi connectivity index (χ0n) is 17.7. The summed E-state index contributed by atoms with van der Waals surface area (Å²) in [6, 6.07) is 19.0. The van der Waals surface area contributed by atoms with Crippen molar-refractivity contribution in [3.63, 3.8) is 0 Å². The highest BCUT2D eigenvalue weighted by atomic mass is 32.2. The Balaban J connectivity index is 1.44. The van der Waals surface area contributed by atoms with Crippen molar-refractivity contribution < 1.29 is 9.59 Å². The lowest BCUT2D eigenvalue weighted by atomic mass is 10.2. The van der Waals surface area contributed by atoms with Crippen LogP contribution < -0.4 is 10.6 Å². The highest BCUT2D eigenvalue weighted by molar-refractivity contribution is 8.00. The van der Waals surface area contributed by atoms with Crippen LogP contribution in [0.4, 0.5) is 5.82 Å². The number of thioether (sulfide) groups is 1. The van der Waals surface area contributed by atoms with Gasteiger partial charge < -0.3 is 10.6 Å². The Kier molecular flexibility index (Phi) is 6.82. The maximum Gasteiger partial charge on any atom is 0.257 e. The molecule has 32 heavy (non-hydrogen) atoms. The van der Waals surface area contributed by atoms with Crippen LogP contribution in [0.15, 0.2) is 71.8 Å². The second-order valence-corrected chi connectivity index (χ2v) is 9.43. The van der Waals surface area contributed by atoms with Crippen molar-refractivity contribution in [3.8, 4) is 10.6 Å². The minimum atomic E-state index is -0.266. The van der Waals surface area contributed by atoms with Gasteiger partial charge in [-0.2, -0.15) is 0 Å². The number of carbonyl (C=O) groups is 2. The van der Waals surface area contributed by atoms with E-state index in [0.29, 0.717) is 11.4 Å². The van der Waals surface area contributed by atoms with Crippen LogP contribution >= 0.6 is 23.1 Å². The first-order valence-electron chi connectivity index (χ1n) is 10.1. The van der Waals surface area contributed by atoms with Crippen molar-refractivity contribution in [2.45, 2.75) is 24.8 Å². The van der Waals surface area contributed by atoms with Gasteiger partial charge in [0.25, 0.3) is 5.91 Å². The summed E-state index contributed by atoms with van der Waals surface area (Å²) < 4.78 is 1.12. The number of hydrogen-bond acceptors (Lipinski definition) is 6. The predicted molar refractivity (Wildman–Crippen MR) is 131 cm³/mol. The normalized spacial score (nSPS) is 11.0. The molecule has 0 unspecified atom stereocenters. The fourth-order valence-electron chi connectivity index (χ4n) is 3.06. The molecule has 2 heterocycles. The monoisotopic (exact) mass is 462 g/mol. The third-order valence-electron chi connectivity index (χ3n) is 4.49. The molecule has 0 radical (unpaired) electrons. The van der Waals surface area contributed by atoms with Gasteiger partial charge in [0.2, 0.25) is 5.91 Å². The molecule has 2 amide bonds. The Morgan fingerprint density at radius 2 is 1.81 bits per heavy atom. The minimum Gasteiger partial charge on any atom is -0.353 e. The summed E-state index contributed by atoms with van der Waals surface area (Å²) in [4.78, 5) is 34.6. The number of fused-ring (bicyclic) bond motifs is 1. The van der Waals surface area contributed by atoms with Crippen molar-refractivity contribution in [1.82, 2.24) is 15.3 Å². The molecular formula is C24H22N4O2S2. The average Bonchev–Trinajstić information content (AvgIpc) is 3.22. The number of thiazole rings is 1. The molecule has 2 aromatic carbocycles. The van der Waals surface area contributed by atoms with E-state index in [1.165, 1.54) is 11.8 Å². The molecule has 4 aromatic rings. The molecule has 0 atom stereocenters. The molecule has 0 aliphatic carbocycles. The van der Waals surface area contributed by atoms with Crippen molar-refractivity contribution in [3.05, 3.63) is 72.4 Å². The van der Waals surface area contributed by atoms with Crippen molar-refractivity contribution >= 4 is 50.9 Å². The van der Waals surface area contributed by atoms with Crippen LogP contribution in [0.3, 0.4) is 0 Å². The van der Waals surface area contributed by atoms with Crippen LogP contribution in [-0.2, 0) is 4.79 Å². The number of rotatable bonds is 7. The lowest BCUT2D eigenvalue weighted by Crippen LogP contribution is -2.31. The lowest BCUT2D eigenvalue weighted by molar-refractivity contribution is -0.119. The van der Waals surface area contributed by atoms with E-state index in [-0.39, 0.29) is 23.6 Å². The van der Waals surface area contributed by atoms with E-state index < -0.39 is 0 Å². The molecule has 8 heteroatoms. The number of anilines is 1. The first-order valence-corrected chi connectivity index (χ1v) is 11.9. The maximum atomic E-state index is 12.9. The Labute approximate surface area is 194 Å². The van der Waals surface area contributed by atoms with E-state index in [2.05, 4.69) is 20.6 Å². The number of nitrogens with zero attached hydrogens (tertiary/aromatic N) is 2. The summed E-state index contributed by atoms with van der Waals surface area (Å²) in [5.41, 5.74) is 2.37. The number of para-hydroxylation sites is 1. The molecule has 2 aromatic heterocycles. The first-order chi connectivity index (χ1) is 15.5. The van der Waals surface area contributed by atoms with E-state index in [1.807, 2.05) is 56.3 Å². The summed E-state index contributed by atoms with van der Waals surface area (Å²) in [7, 11) is 0. The van der Waals surface area contributed by atoms with Gasteiger partial charge >= 0.3 is 0 Å². The van der Waals surface area contributed by atoms with Gasteiger partial charge in [0.15, 0.2) is 0 Å². The summed E-state index contributed by atoms with van der Waals surface area (Å²) >= 11 is 2.94. The van der Waals surface area contributed by atoms with E-state index >= 15 is 0 Å². The van der Waals surface area contributed by atoms with Gasteiger partial charge in [0.05, 0.1) is 21.5 Å². The third kappa shape index (κ3) is 5.33. The van der Waals surface area contributed by atoms with Crippen LogP contribution in [0.1, 0.15) is 24.2 Å². The van der Waals surface area contributed by atoms with Crippen LogP contribution in [0, 0.1) is 0 Å². The number of hydrogen-bond donors (Lipinski definition) is 2. The predicted octanol–water partition coefficient (Wildman–Crippen LogP) is 5.23. The Hall–Kier alpha value is -3.23. The second kappa shape index (κ2) is 9.93. The van der Waals surface area contributed by atoms with E-state index in [4.69, 9.17) is 0 Å². The topological polar surface area (TPSA) is 84.0 Å². The van der Waals surface area contributed by atoms with Crippen LogP contribution in [-0.4, -0.2) is 33.6 Å². The van der Waals surface area contributed by atoms with Gasteiger partial charge in [-0.1, -0.05) is 24.3 Å². The van der Waals surface area contributed by atoms with Gasteiger partial charge in [-0.05, 0) is 50.2 Å². The highest BCUT2D eigenvalue weighted by Gasteiger charge is 2.14. The zero-order chi connectivity index (χ0) is 22.5. The SMILES string of the molecule is CC(C)NC(=O)CSc1ccccc1C(=O)Nc1ccc(-c2nc3ccccc3s2)cn1. The molecule has 162 valence electrons. The van der Waals surface area contributed by atoms with Crippen molar-refractivity contribution in [1.29, 1.82) is 0 Å². The van der Waals surface area contributed by atoms with Crippen LogP contribution in [0.2, 0.25) is 0 Å². The van der Waals surface area contributed by atoms with Crippen molar-refractivity contribution in [2.75, 3.05) is 11.1 Å². The fraction of sp³-hybridized carbons (Fsp3) is 0.167. The van der Waals surface area contributed by atoms with Crippen LogP contribution in [0.25, 0.3) is 20.8 Å². The average molecular weight is 463 g/mol. The lowest BCUT2D eigenvalue weighted by Gasteiger charge is -2.11. The zero-order valence-corrected chi connectivity index (χ0v) is 19.3. The number of nitrogens with one attached hydrogen (secondary N) is 2. The fourth-order valence-corrected chi connectivity index (χ4v) is 4.88. The molecule has 0 aliphatic heterocycles. The summed E-state index contributed by atoms with van der Waals surface area (Å²) in [5.74, 6) is 0.375. The third-order valence-corrected chi connectivity index (χ3v) is 6.65. The molecule has 4 rings (SSSR count). The molecule has 0 spiro atoms. The second-order valence-electron chi connectivity index (χ2n) is 7.38. The molecule has 0 bridgehead atoms. The maximum absolute atomic E-state index is 12.9.